The summed E-state index contributed by atoms with van der Waals surface area (Å²) >= 11 is 0. The molecule has 1 heterocycles. The molecule has 12 heavy (non-hydrogen) atoms. The minimum absolute atomic E-state index is 0.337. The van der Waals surface area contributed by atoms with Gasteiger partial charge in [0, 0.05) is 0 Å². The smallest absolute Gasteiger partial charge is 0.328 e. The van der Waals surface area contributed by atoms with E-state index >= 15 is 0 Å². The number of rotatable bonds is 5. The molecule has 0 aromatic rings. The van der Waals surface area contributed by atoms with Crippen LogP contribution in [0.5, 0.6) is 0 Å². The SMILES string of the molecule is CCCCCCC1C(=O)OC1=O. The van der Waals surface area contributed by atoms with Gasteiger partial charge in [0.2, 0.25) is 0 Å². The summed E-state index contributed by atoms with van der Waals surface area (Å²) in [6.07, 6.45) is 5.09. The van der Waals surface area contributed by atoms with Crippen LogP contribution in [0.4, 0.5) is 0 Å². The van der Waals surface area contributed by atoms with E-state index in [4.69, 9.17) is 0 Å². The van der Waals surface area contributed by atoms with Crippen molar-refractivity contribution in [3.05, 3.63) is 0 Å². The van der Waals surface area contributed by atoms with Crippen LogP contribution in [-0.4, -0.2) is 11.9 Å². The Morgan fingerprint density at radius 2 is 1.83 bits per heavy atom. The minimum Gasteiger partial charge on any atom is -0.392 e. The van der Waals surface area contributed by atoms with Gasteiger partial charge < -0.3 is 4.74 Å². The Balaban J connectivity index is 2.07. The molecule has 1 rings (SSSR count). The first-order chi connectivity index (χ1) is 5.75. The number of carbonyl (C=O) groups excluding carboxylic acids is 2. The Hall–Kier alpha value is -0.860. The predicted octanol–water partition coefficient (Wildman–Crippen LogP) is 1.66. The molecule has 68 valence electrons. The van der Waals surface area contributed by atoms with Gasteiger partial charge in [0.25, 0.3) is 0 Å². The molecular formula is C9H14O3. The van der Waals surface area contributed by atoms with Gasteiger partial charge in [-0.25, -0.2) is 0 Å². The first kappa shape index (κ1) is 9.23. The van der Waals surface area contributed by atoms with Crippen LogP contribution >= 0.6 is 0 Å². The highest BCUT2D eigenvalue weighted by Gasteiger charge is 2.40. The summed E-state index contributed by atoms with van der Waals surface area (Å²) in [6.45, 7) is 2.13. The van der Waals surface area contributed by atoms with Gasteiger partial charge in [-0.2, -0.15) is 0 Å². The zero-order valence-corrected chi connectivity index (χ0v) is 7.34. The van der Waals surface area contributed by atoms with Crippen LogP contribution in [0.3, 0.4) is 0 Å². The molecule has 3 heteroatoms. The van der Waals surface area contributed by atoms with Crippen molar-refractivity contribution in [3.63, 3.8) is 0 Å². The maximum atomic E-state index is 10.7. The first-order valence-electron chi connectivity index (χ1n) is 4.51. The largest absolute Gasteiger partial charge is 0.392 e. The molecule has 1 saturated heterocycles. The maximum Gasteiger partial charge on any atom is 0.328 e. The fourth-order valence-electron chi connectivity index (χ4n) is 1.29. The van der Waals surface area contributed by atoms with Crippen LogP contribution < -0.4 is 0 Å². The monoisotopic (exact) mass is 170 g/mol. The molecule has 0 aromatic heterocycles. The summed E-state index contributed by atoms with van der Waals surface area (Å²) in [5, 5.41) is 0. The summed E-state index contributed by atoms with van der Waals surface area (Å²) in [7, 11) is 0. The molecular weight excluding hydrogens is 156 g/mol. The third kappa shape index (κ3) is 2.06. The van der Waals surface area contributed by atoms with Crippen LogP contribution in [0.2, 0.25) is 0 Å². The first-order valence-corrected chi connectivity index (χ1v) is 4.51. The van der Waals surface area contributed by atoms with Crippen LogP contribution in [0.25, 0.3) is 0 Å². The van der Waals surface area contributed by atoms with Crippen LogP contribution in [0.15, 0.2) is 0 Å². The van der Waals surface area contributed by atoms with Crippen LogP contribution in [0.1, 0.15) is 39.0 Å². The molecule has 0 atom stereocenters. The van der Waals surface area contributed by atoms with E-state index in [0.29, 0.717) is 6.42 Å². The molecule has 0 N–H and O–H groups in total. The molecule has 0 unspecified atom stereocenters. The molecule has 0 bridgehead atoms. The molecule has 0 spiro atoms. The number of hydrogen-bond donors (Lipinski definition) is 0. The standard InChI is InChI=1S/C9H14O3/c1-2-3-4-5-6-7-8(10)12-9(7)11/h7H,2-6H2,1H3. The van der Waals surface area contributed by atoms with Gasteiger partial charge in [-0.15, -0.1) is 0 Å². The van der Waals surface area contributed by atoms with Gasteiger partial charge >= 0.3 is 11.9 Å². The highest BCUT2D eigenvalue weighted by molar-refractivity contribution is 6.09. The third-order valence-electron chi connectivity index (χ3n) is 2.12. The van der Waals surface area contributed by atoms with Crippen LogP contribution in [-0.2, 0) is 14.3 Å². The third-order valence-corrected chi connectivity index (χ3v) is 2.12. The molecule has 1 fully saturated rings. The molecule has 0 saturated carbocycles. The Labute approximate surface area is 72.1 Å². The van der Waals surface area contributed by atoms with E-state index in [-0.39, 0.29) is 11.9 Å². The average molecular weight is 170 g/mol. The van der Waals surface area contributed by atoms with E-state index < -0.39 is 5.92 Å². The fourth-order valence-corrected chi connectivity index (χ4v) is 1.29. The fraction of sp³-hybridized carbons (Fsp3) is 0.778. The molecule has 0 radical (unpaired) electrons. The van der Waals surface area contributed by atoms with Crippen molar-refractivity contribution in [2.75, 3.05) is 0 Å². The van der Waals surface area contributed by atoms with E-state index in [0.717, 1.165) is 12.8 Å². The lowest BCUT2D eigenvalue weighted by Crippen LogP contribution is -2.40. The van der Waals surface area contributed by atoms with E-state index in [9.17, 15) is 9.59 Å². The predicted molar refractivity (Wildman–Crippen MR) is 43.3 cm³/mol. The van der Waals surface area contributed by atoms with Crippen molar-refractivity contribution in [2.24, 2.45) is 5.92 Å². The van der Waals surface area contributed by atoms with Crippen LogP contribution in [0, 0.1) is 5.92 Å². The number of unbranched alkanes of at least 4 members (excludes halogenated alkanes) is 3. The number of esters is 2. The molecule has 0 aromatic carbocycles. The Kier molecular flexibility index (Phi) is 3.26. The number of hydrogen-bond acceptors (Lipinski definition) is 3. The minimum atomic E-state index is -0.429. The van der Waals surface area contributed by atoms with Crippen molar-refractivity contribution < 1.29 is 14.3 Å². The zero-order chi connectivity index (χ0) is 8.97. The summed E-state index contributed by atoms with van der Waals surface area (Å²) < 4.78 is 4.23. The lowest BCUT2D eigenvalue weighted by atomic mass is 9.98. The quantitative estimate of drug-likeness (QED) is 0.358. The van der Waals surface area contributed by atoms with E-state index in [1.807, 2.05) is 0 Å². The summed E-state index contributed by atoms with van der Waals surface area (Å²) in [5.74, 6) is -1.10. The average Bonchev–Trinajstić information content (AvgIpc) is 2.04. The Morgan fingerprint density at radius 3 is 2.33 bits per heavy atom. The molecule has 3 nitrogen and oxygen atoms in total. The Bertz CT molecular complexity index is 172. The molecule has 1 aliphatic rings. The van der Waals surface area contributed by atoms with E-state index in [2.05, 4.69) is 11.7 Å². The van der Waals surface area contributed by atoms with Gasteiger partial charge in [0.15, 0.2) is 5.92 Å². The highest BCUT2D eigenvalue weighted by Crippen LogP contribution is 2.21. The van der Waals surface area contributed by atoms with Crippen molar-refractivity contribution in [1.82, 2.24) is 0 Å². The van der Waals surface area contributed by atoms with Gasteiger partial charge in [0.05, 0.1) is 0 Å². The summed E-state index contributed by atoms with van der Waals surface area (Å²) in [6, 6.07) is 0. The summed E-state index contributed by atoms with van der Waals surface area (Å²) in [4.78, 5) is 21.3. The highest BCUT2D eigenvalue weighted by atomic mass is 16.6. The van der Waals surface area contributed by atoms with Gasteiger partial charge in [-0.3, -0.25) is 9.59 Å². The van der Waals surface area contributed by atoms with Crippen molar-refractivity contribution in [1.29, 1.82) is 0 Å². The molecule has 0 aliphatic carbocycles. The van der Waals surface area contributed by atoms with Gasteiger partial charge in [-0.1, -0.05) is 32.6 Å². The molecule has 1 aliphatic heterocycles. The summed E-state index contributed by atoms with van der Waals surface area (Å²) in [5.41, 5.74) is 0. The number of cyclic esters (lactones) is 2. The van der Waals surface area contributed by atoms with Gasteiger partial charge in [0.1, 0.15) is 0 Å². The van der Waals surface area contributed by atoms with E-state index in [1.165, 1.54) is 12.8 Å². The van der Waals surface area contributed by atoms with Crippen molar-refractivity contribution >= 4 is 11.9 Å². The topological polar surface area (TPSA) is 43.4 Å². The molecule has 0 amide bonds. The number of ether oxygens (including phenoxy) is 1. The lowest BCUT2D eigenvalue weighted by molar-refractivity contribution is -0.184. The Morgan fingerprint density at radius 1 is 1.17 bits per heavy atom. The second kappa shape index (κ2) is 4.24. The lowest BCUT2D eigenvalue weighted by Gasteiger charge is -2.21. The van der Waals surface area contributed by atoms with Gasteiger partial charge in [-0.05, 0) is 6.42 Å². The zero-order valence-electron chi connectivity index (χ0n) is 7.34. The second-order valence-corrected chi connectivity index (χ2v) is 3.14. The number of carbonyl (C=O) groups is 2. The van der Waals surface area contributed by atoms with Crippen molar-refractivity contribution in [2.45, 2.75) is 39.0 Å². The normalized spacial score (nSPS) is 17.4. The maximum absolute atomic E-state index is 10.7. The second-order valence-electron chi connectivity index (χ2n) is 3.14. The van der Waals surface area contributed by atoms with E-state index in [1.54, 1.807) is 0 Å². The van der Waals surface area contributed by atoms with Crippen molar-refractivity contribution in [3.8, 4) is 0 Å².